The summed E-state index contributed by atoms with van der Waals surface area (Å²) in [6, 6.07) is 8.27. The summed E-state index contributed by atoms with van der Waals surface area (Å²) in [6.07, 6.45) is 3.09. The molecular weight excluding hydrogens is 308 g/mol. The van der Waals surface area contributed by atoms with E-state index in [2.05, 4.69) is 6.07 Å². The number of para-hydroxylation sites is 1. The first-order valence-electron chi connectivity index (χ1n) is 8.09. The first-order chi connectivity index (χ1) is 11.4. The molecule has 0 unspecified atom stereocenters. The lowest BCUT2D eigenvalue weighted by molar-refractivity contribution is -0.143. The van der Waals surface area contributed by atoms with Crippen LogP contribution in [-0.2, 0) is 9.53 Å². The molecule has 1 aromatic carbocycles. The van der Waals surface area contributed by atoms with E-state index in [4.69, 9.17) is 4.74 Å². The van der Waals surface area contributed by atoms with Gasteiger partial charge < -0.3 is 14.7 Å². The summed E-state index contributed by atoms with van der Waals surface area (Å²) in [5, 5.41) is 19.2. The normalized spacial score (nSPS) is 17.4. The van der Waals surface area contributed by atoms with E-state index in [0.29, 0.717) is 12.8 Å². The van der Waals surface area contributed by atoms with Crippen molar-refractivity contribution in [3.05, 3.63) is 29.8 Å². The highest BCUT2D eigenvalue weighted by atomic mass is 16.5. The minimum absolute atomic E-state index is 0.00691. The predicted octanol–water partition coefficient (Wildman–Crippen LogP) is 2.62. The van der Waals surface area contributed by atoms with Crippen molar-refractivity contribution in [3.63, 3.8) is 0 Å². The third-order valence-corrected chi connectivity index (χ3v) is 4.62. The van der Waals surface area contributed by atoms with E-state index in [9.17, 15) is 20.0 Å². The number of aromatic hydroxyl groups is 1. The topological polar surface area (TPSA) is 90.6 Å². The molecule has 0 spiro atoms. The number of nitrogens with zero attached hydrogens (tertiary/aromatic N) is 2. The summed E-state index contributed by atoms with van der Waals surface area (Å²) in [6.45, 7) is 1.48. The summed E-state index contributed by atoms with van der Waals surface area (Å²) in [4.78, 5) is 26.1. The Morgan fingerprint density at radius 2 is 1.92 bits per heavy atom. The fraction of sp³-hybridized carbons (Fsp3) is 0.500. The monoisotopic (exact) mass is 330 g/mol. The average Bonchev–Trinajstić information content (AvgIpc) is 2.61. The Morgan fingerprint density at radius 1 is 1.29 bits per heavy atom. The molecule has 2 rings (SSSR count). The van der Waals surface area contributed by atoms with Crippen molar-refractivity contribution in [2.45, 2.75) is 50.7 Å². The van der Waals surface area contributed by atoms with Crippen LogP contribution in [0, 0.1) is 11.3 Å². The standard InChI is InChI=1S/C18H22N2O4/c1-13(24-17(23)14-8-4-5-9-15(14)21)16(22)20(2)18(12-19)10-6-3-7-11-18/h4-5,8-9,13,21H,3,6-7,10-11H2,1-2H3/t13-/m0/s1. The molecule has 1 atom stereocenters. The number of phenols is 1. The van der Waals surface area contributed by atoms with E-state index in [0.717, 1.165) is 19.3 Å². The fourth-order valence-corrected chi connectivity index (χ4v) is 3.06. The van der Waals surface area contributed by atoms with Crippen molar-refractivity contribution in [2.24, 2.45) is 0 Å². The molecular formula is C18H22N2O4. The van der Waals surface area contributed by atoms with Crippen molar-refractivity contribution in [1.82, 2.24) is 4.90 Å². The quantitative estimate of drug-likeness (QED) is 0.857. The first-order valence-corrected chi connectivity index (χ1v) is 8.09. The van der Waals surface area contributed by atoms with E-state index in [1.54, 1.807) is 19.2 Å². The molecule has 0 aliphatic heterocycles. The van der Waals surface area contributed by atoms with Crippen LogP contribution in [0.3, 0.4) is 0 Å². The van der Waals surface area contributed by atoms with Gasteiger partial charge in [0.15, 0.2) is 6.10 Å². The van der Waals surface area contributed by atoms with Gasteiger partial charge in [0.05, 0.1) is 6.07 Å². The number of nitriles is 1. The maximum Gasteiger partial charge on any atom is 0.342 e. The lowest BCUT2D eigenvalue weighted by Crippen LogP contribution is -2.53. The minimum atomic E-state index is -1.03. The van der Waals surface area contributed by atoms with Gasteiger partial charge in [0.1, 0.15) is 16.9 Å². The summed E-state index contributed by atoms with van der Waals surface area (Å²) in [5.74, 6) is -1.38. The van der Waals surface area contributed by atoms with Gasteiger partial charge in [-0.3, -0.25) is 4.79 Å². The third kappa shape index (κ3) is 3.51. The number of ether oxygens (including phenoxy) is 1. The highest BCUT2D eigenvalue weighted by molar-refractivity contribution is 5.94. The Labute approximate surface area is 141 Å². The lowest BCUT2D eigenvalue weighted by atomic mass is 9.81. The number of hydrogen-bond acceptors (Lipinski definition) is 5. The lowest BCUT2D eigenvalue weighted by Gasteiger charge is -2.39. The highest BCUT2D eigenvalue weighted by Gasteiger charge is 2.40. The zero-order valence-corrected chi connectivity index (χ0v) is 14.0. The van der Waals surface area contributed by atoms with Gasteiger partial charge in [0.2, 0.25) is 0 Å². The molecule has 1 saturated carbocycles. The maximum atomic E-state index is 12.6. The predicted molar refractivity (Wildman–Crippen MR) is 87.2 cm³/mol. The Bertz CT molecular complexity index is 659. The van der Waals surface area contributed by atoms with E-state index in [1.165, 1.54) is 24.0 Å². The molecule has 1 amide bonds. The smallest absolute Gasteiger partial charge is 0.342 e. The van der Waals surface area contributed by atoms with Crippen molar-refractivity contribution in [2.75, 3.05) is 7.05 Å². The molecule has 6 nitrogen and oxygen atoms in total. The first kappa shape index (κ1) is 17.8. The molecule has 1 aromatic rings. The van der Waals surface area contributed by atoms with Crippen LogP contribution >= 0.6 is 0 Å². The Balaban J connectivity index is 2.07. The van der Waals surface area contributed by atoms with Gasteiger partial charge in [0.25, 0.3) is 5.91 Å². The number of benzene rings is 1. The van der Waals surface area contributed by atoms with E-state index in [1.807, 2.05) is 0 Å². The van der Waals surface area contributed by atoms with Crippen molar-refractivity contribution >= 4 is 11.9 Å². The Hall–Kier alpha value is -2.55. The van der Waals surface area contributed by atoms with Crippen molar-refractivity contribution in [1.29, 1.82) is 5.26 Å². The Kier molecular flexibility index (Phi) is 5.45. The number of amides is 1. The zero-order chi connectivity index (χ0) is 17.7. The van der Waals surface area contributed by atoms with Crippen LogP contribution < -0.4 is 0 Å². The van der Waals surface area contributed by atoms with Gasteiger partial charge in [-0.15, -0.1) is 0 Å². The number of carbonyl (C=O) groups excluding carboxylic acids is 2. The molecule has 128 valence electrons. The van der Waals surface area contributed by atoms with Crippen LogP contribution in [0.25, 0.3) is 0 Å². The molecule has 6 heteroatoms. The van der Waals surface area contributed by atoms with Crippen LogP contribution in [-0.4, -0.2) is 40.6 Å². The molecule has 24 heavy (non-hydrogen) atoms. The van der Waals surface area contributed by atoms with Crippen LogP contribution in [0.15, 0.2) is 24.3 Å². The summed E-state index contributed by atoms with van der Waals surface area (Å²) >= 11 is 0. The van der Waals surface area contributed by atoms with Crippen LogP contribution in [0.5, 0.6) is 5.75 Å². The number of hydrogen-bond donors (Lipinski definition) is 1. The number of esters is 1. The molecule has 0 radical (unpaired) electrons. The van der Waals surface area contributed by atoms with Gasteiger partial charge in [-0.25, -0.2) is 4.79 Å². The van der Waals surface area contributed by atoms with E-state index in [-0.39, 0.29) is 11.3 Å². The molecule has 0 aromatic heterocycles. The number of likely N-dealkylation sites (N-methyl/N-ethyl adjacent to an activating group) is 1. The second kappa shape index (κ2) is 7.35. The van der Waals surface area contributed by atoms with Crippen molar-refractivity contribution in [3.8, 4) is 11.8 Å². The summed E-state index contributed by atoms with van der Waals surface area (Å²) < 4.78 is 5.18. The highest BCUT2D eigenvalue weighted by Crippen LogP contribution is 2.33. The van der Waals surface area contributed by atoms with Crippen molar-refractivity contribution < 1.29 is 19.4 Å². The van der Waals surface area contributed by atoms with Crippen LogP contribution in [0.1, 0.15) is 49.4 Å². The Morgan fingerprint density at radius 3 is 2.50 bits per heavy atom. The van der Waals surface area contributed by atoms with E-state index >= 15 is 0 Å². The fourth-order valence-electron chi connectivity index (χ4n) is 3.06. The number of phenolic OH excluding ortho intramolecular Hbond substituents is 1. The van der Waals surface area contributed by atoms with Gasteiger partial charge >= 0.3 is 5.97 Å². The molecule has 0 saturated heterocycles. The number of rotatable bonds is 4. The zero-order valence-electron chi connectivity index (χ0n) is 14.0. The van der Waals surface area contributed by atoms with Gasteiger partial charge in [0, 0.05) is 7.05 Å². The molecule has 0 heterocycles. The second-order valence-electron chi connectivity index (χ2n) is 6.17. The molecule has 1 fully saturated rings. The maximum absolute atomic E-state index is 12.6. The summed E-state index contributed by atoms with van der Waals surface area (Å²) in [7, 11) is 1.58. The second-order valence-corrected chi connectivity index (χ2v) is 6.17. The van der Waals surface area contributed by atoms with E-state index < -0.39 is 23.5 Å². The molecule has 1 aliphatic carbocycles. The summed E-state index contributed by atoms with van der Waals surface area (Å²) in [5.41, 5.74) is -0.822. The van der Waals surface area contributed by atoms with Gasteiger partial charge in [-0.2, -0.15) is 5.26 Å². The SMILES string of the molecule is C[C@H](OC(=O)c1ccccc1O)C(=O)N(C)C1(C#N)CCCCC1. The van der Waals surface area contributed by atoms with Gasteiger partial charge in [-0.05, 0) is 31.9 Å². The number of carbonyl (C=O) groups is 2. The average molecular weight is 330 g/mol. The largest absolute Gasteiger partial charge is 0.507 e. The molecule has 1 aliphatic rings. The third-order valence-electron chi connectivity index (χ3n) is 4.62. The van der Waals surface area contributed by atoms with Crippen LogP contribution in [0.2, 0.25) is 0 Å². The van der Waals surface area contributed by atoms with Gasteiger partial charge in [-0.1, -0.05) is 31.4 Å². The molecule has 0 bridgehead atoms. The minimum Gasteiger partial charge on any atom is -0.507 e. The molecule has 1 N–H and O–H groups in total. The van der Waals surface area contributed by atoms with Crippen LogP contribution in [0.4, 0.5) is 0 Å².